The SMILES string of the molecule is CC(C)CNC(=S)NCc1cnc[nH]1. The molecule has 0 radical (unpaired) electrons. The molecule has 0 aliphatic carbocycles. The molecule has 0 spiro atoms. The zero-order chi connectivity index (χ0) is 10.4. The molecule has 0 fully saturated rings. The Morgan fingerprint density at radius 1 is 1.57 bits per heavy atom. The molecule has 78 valence electrons. The lowest BCUT2D eigenvalue weighted by Gasteiger charge is -2.11. The van der Waals surface area contributed by atoms with Crippen LogP contribution in [0.3, 0.4) is 0 Å². The van der Waals surface area contributed by atoms with Crippen molar-refractivity contribution in [2.45, 2.75) is 20.4 Å². The van der Waals surface area contributed by atoms with Crippen LogP contribution in [-0.4, -0.2) is 21.6 Å². The highest BCUT2D eigenvalue weighted by Crippen LogP contribution is 1.90. The first kappa shape index (κ1) is 11.0. The van der Waals surface area contributed by atoms with Crippen LogP contribution in [0.1, 0.15) is 19.5 Å². The summed E-state index contributed by atoms with van der Waals surface area (Å²) in [6, 6.07) is 0. The smallest absolute Gasteiger partial charge is 0.166 e. The number of imidazole rings is 1. The van der Waals surface area contributed by atoms with E-state index in [4.69, 9.17) is 12.2 Å². The average Bonchev–Trinajstić information content (AvgIpc) is 2.63. The minimum absolute atomic E-state index is 0.599. The van der Waals surface area contributed by atoms with Gasteiger partial charge in [-0.1, -0.05) is 13.8 Å². The maximum atomic E-state index is 5.09. The van der Waals surface area contributed by atoms with Gasteiger partial charge in [0.25, 0.3) is 0 Å². The second kappa shape index (κ2) is 5.59. The molecule has 4 nitrogen and oxygen atoms in total. The lowest BCUT2D eigenvalue weighted by atomic mass is 10.2. The van der Waals surface area contributed by atoms with Gasteiger partial charge in [-0.15, -0.1) is 0 Å². The Labute approximate surface area is 89.5 Å². The zero-order valence-corrected chi connectivity index (χ0v) is 9.32. The van der Waals surface area contributed by atoms with Crippen LogP contribution in [0.2, 0.25) is 0 Å². The predicted molar refractivity (Wildman–Crippen MR) is 60.9 cm³/mol. The van der Waals surface area contributed by atoms with Crippen LogP contribution in [0.5, 0.6) is 0 Å². The second-order valence-corrected chi connectivity index (χ2v) is 3.94. The van der Waals surface area contributed by atoms with Gasteiger partial charge < -0.3 is 15.6 Å². The third kappa shape index (κ3) is 4.23. The van der Waals surface area contributed by atoms with Crippen LogP contribution < -0.4 is 10.6 Å². The summed E-state index contributed by atoms with van der Waals surface area (Å²) in [6.07, 6.45) is 3.43. The van der Waals surface area contributed by atoms with Crippen molar-refractivity contribution < 1.29 is 0 Å². The molecule has 0 aliphatic heterocycles. The number of rotatable bonds is 4. The van der Waals surface area contributed by atoms with E-state index in [0.29, 0.717) is 17.6 Å². The van der Waals surface area contributed by atoms with Crippen molar-refractivity contribution >= 4 is 17.3 Å². The number of nitrogens with one attached hydrogen (secondary N) is 3. The normalized spacial score (nSPS) is 10.2. The number of hydrogen-bond acceptors (Lipinski definition) is 2. The molecule has 0 aliphatic rings. The van der Waals surface area contributed by atoms with Gasteiger partial charge in [0.15, 0.2) is 5.11 Å². The van der Waals surface area contributed by atoms with Crippen LogP contribution in [0.4, 0.5) is 0 Å². The molecule has 0 saturated heterocycles. The average molecular weight is 212 g/mol. The molecule has 5 heteroatoms. The monoisotopic (exact) mass is 212 g/mol. The standard InChI is InChI=1S/C9H16N4S/c1-7(2)3-11-9(14)12-5-8-4-10-6-13-8/h4,6-7H,3,5H2,1-2H3,(H,10,13)(H2,11,12,14). The number of thiocarbonyl (C=S) groups is 1. The van der Waals surface area contributed by atoms with Crippen molar-refractivity contribution in [1.29, 1.82) is 0 Å². The molecule has 1 aromatic rings. The molecule has 0 bridgehead atoms. The van der Waals surface area contributed by atoms with Gasteiger partial charge in [0.2, 0.25) is 0 Å². The van der Waals surface area contributed by atoms with Gasteiger partial charge >= 0.3 is 0 Å². The van der Waals surface area contributed by atoms with Gasteiger partial charge in [-0.2, -0.15) is 0 Å². The van der Waals surface area contributed by atoms with Crippen molar-refractivity contribution in [2.24, 2.45) is 5.92 Å². The van der Waals surface area contributed by atoms with E-state index in [1.807, 2.05) is 0 Å². The van der Waals surface area contributed by atoms with Crippen molar-refractivity contribution in [3.05, 3.63) is 18.2 Å². The van der Waals surface area contributed by atoms with Gasteiger partial charge in [-0.05, 0) is 18.1 Å². The van der Waals surface area contributed by atoms with Gasteiger partial charge in [0.1, 0.15) is 0 Å². The molecule has 1 rings (SSSR count). The fourth-order valence-corrected chi connectivity index (χ4v) is 1.07. The van der Waals surface area contributed by atoms with Crippen LogP contribution in [0.25, 0.3) is 0 Å². The molecule has 0 amide bonds. The molecule has 14 heavy (non-hydrogen) atoms. The Bertz CT molecular complexity index is 268. The quantitative estimate of drug-likeness (QED) is 0.653. The number of aromatic nitrogens is 2. The van der Waals surface area contributed by atoms with E-state index in [0.717, 1.165) is 12.2 Å². The van der Waals surface area contributed by atoms with Crippen LogP contribution >= 0.6 is 12.2 Å². The maximum Gasteiger partial charge on any atom is 0.166 e. The molecular formula is C9H16N4S. The maximum absolute atomic E-state index is 5.09. The van der Waals surface area contributed by atoms with Crippen LogP contribution in [0.15, 0.2) is 12.5 Å². The number of H-pyrrole nitrogens is 1. The first-order valence-corrected chi connectivity index (χ1v) is 5.08. The lowest BCUT2D eigenvalue weighted by molar-refractivity contribution is 0.619. The van der Waals surface area contributed by atoms with Gasteiger partial charge in [0.05, 0.1) is 18.6 Å². The van der Waals surface area contributed by atoms with E-state index < -0.39 is 0 Å². The minimum atomic E-state index is 0.599. The van der Waals surface area contributed by atoms with E-state index in [1.165, 1.54) is 0 Å². The molecule has 0 atom stereocenters. The third-order valence-electron chi connectivity index (χ3n) is 1.67. The molecule has 0 saturated carbocycles. The van der Waals surface area contributed by atoms with Gasteiger partial charge in [0, 0.05) is 12.7 Å². The van der Waals surface area contributed by atoms with E-state index in [2.05, 4.69) is 34.4 Å². The predicted octanol–water partition coefficient (Wildman–Crippen LogP) is 1.03. The molecule has 1 heterocycles. The molecule has 3 N–H and O–H groups in total. The Kier molecular flexibility index (Phi) is 4.39. The largest absolute Gasteiger partial charge is 0.362 e. The summed E-state index contributed by atoms with van der Waals surface area (Å²) >= 11 is 5.09. The zero-order valence-electron chi connectivity index (χ0n) is 8.50. The summed E-state index contributed by atoms with van der Waals surface area (Å²) < 4.78 is 0. The third-order valence-corrected chi connectivity index (χ3v) is 1.95. The van der Waals surface area contributed by atoms with Crippen molar-refractivity contribution in [1.82, 2.24) is 20.6 Å². The Morgan fingerprint density at radius 3 is 2.93 bits per heavy atom. The van der Waals surface area contributed by atoms with Crippen LogP contribution in [-0.2, 0) is 6.54 Å². The Morgan fingerprint density at radius 2 is 2.36 bits per heavy atom. The first-order valence-electron chi connectivity index (χ1n) is 4.67. The molecule has 0 unspecified atom stereocenters. The van der Waals surface area contributed by atoms with Crippen molar-refractivity contribution in [3.63, 3.8) is 0 Å². The highest BCUT2D eigenvalue weighted by Gasteiger charge is 1.98. The topological polar surface area (TPSA) is 52.7 Å². The number of nitrogens with zero attached hydrogens (tertiary/aromatic N) is 1. The molecular weight excluding hydrogens is 196 g/mol. The van der Waals surface area contributed by atoms with Gasteiger partial charge in [-0.3, -0.25) is 0 Å². The molecule has 0 aromatic carbocycles. The Balaban J connectivity index is 2.15. The van der Waals surface area contributed by atoms with Crippen LogP contribution in [0, 0.1) is 5.92 Å². The van der Waals surface area contributed by atoms with E-state index in [-0.39, 0.29) is 0 Å². The first-order chi connectivity index (χ1) is 6.68. The highest BCUT2D eigenvalue weighted by atomic mass is 32.1. The fourth-order valence-electron chi connectivity index (χ4n) is 0.916. The minimum Gasteiger partial charge on any atom is -0.362 e. The van der Waals surface area contributed by atoms with Crippen molar-refractivity contribution in [3.8, 4) is 0 Å². The summed E-state index contributed by atoms with van der Waals surface area (Å²) in [5.41, 5.74) is 1.03. The summed E-state index contributed by atoms with van der Waals surface area (Å²) in [5, 5.41) is 6.91. The summed E-state index contributed by atoms with van der Waals surface area (Å²) in [7, 11) is 0. The second-order valence-electron chi connectivity index (χ2n) is 3.53. The fraction of sp³-hybridized carbons (Fsp3) is 0.556. The van der Waals surface area contributed by atoms with E-state index in [9.17, 15) is 0 Å². The van der Waals surface area contributed by atoms with Gasteiger partial charge in [-0.25, -0.2) is 4.98 Å². The Hall–Kier alpha value is -1.10. The van der Waals surface area contributed by atoms with E-state index in [1.54, 1.807) is 12.5 Å². The van der Waals surface area contributed by atoms with E-state index >= 15 is 0 Å². The summed E-state index contributed by atoms with van der Waals surface area (Å²) in [5.74, 6) is 0.599. The molecule has 1 aromatic heterocycles. The lowest BCUT2D eigenvalue weighted by Crippen LogP contribution is -2.36. The number of hydrogen-bond donors (Lipinski definition) is 3. The number of aromatic amines is 1. The highest BCUT2D eigenvalue weighted by molar-refractivity contribution is 7.80. The summed E-state index contributed by atoms with van der Waals surface area (Å²) in [4.78, 5) is 6.91. The summed E-state index contributed by atoms with van der Waals surface area (Å²) in [6.45, 7) is 5.87. The van der Waals surface area contributed by atoms with Crippen molar-refractivity contribution in [2.75, 3.05) is 6.54 Å².